The van der Waals surface area contributed by atoms with Gasteiger partial charge in [-0.2, -0.15) is 4.98 Å². The molecular formula is C19H24ClFN6O2S. The van der Waals surface area contributed by atoms with Crippen molar-refractivity contribution < 1.29 is 13.7 Å². The Bertz CT molecular complexity index is 924. The summed E-state index contributed by atoms with van der Waals surface area (Å²) in [5.74, 6) is 0.845. The zero-order valence-corrected chi connectivity index (χ0v) is 18.2. The van der Waals surface area contributed by atoms with Crippen molar-refractivity contribution in [2.45, 2.75) is 48.2 Å². The highest BCUT2D eigenvalue weighted by atomic mass is 35.5. The lowest BCUT2D eigenvalue weighted by atomic mass is 9.77. The van der Waals surface area contributed by atoms with Gasteiger partial charge in [-0.3, -0.25) is 4.21 Å². The van der Waals surface area contributed by atoms with Crippen molar-refractivity contribution in [3.8, 4) is 0 Å². The van der Waals surface area contributed by atoms with Crippen LogP contribution in [0.1, 0.15) is 37.4 Å². The maximum absolute atomic E-state index is 15.0. The lowest BCUT2D eigenvalue weighted by Gasteiger charge is -2.42. The van der Waals surface area contributed by atoms with Gasteiger partial charge in [0.05, 0.1) is 51.5 Å². The lowest BCUT2D eigenvalue weighted by Crippen LogP contribution is -2.49. The molecule has 162 valence electrons. The Morgan fingerprint density at radius 1 is 1.33 bits per heavy atom. The fourth-order valence-corrected chi connectivity index (χ4v) is 4.55. The van der Waals surface area contributed by atoms with Gasteiger partial charge >= 0.3 is 0 Å². The number of nitrogens with one attached hydrogen (secondary N) is 1. The third kappa shape index (κ3) is 4.26. The van der Waals surface area contributed by atoms with Crippen LogP contribution >= 0.6 is 11.6 Å². The van der Waals surface area contributed by atoms with Gasteiger partial charge in [0, 0.05) is 25.2 Å². The highest BCUT2D eigenvalue weighted by Gasteiger charge is 2.38. The van der Waals surface area contributed by atoms with Crippen molar-refractivity contribution in [2.24, 2.45) is 0 Å². The predicted octanol–water partition coefficient (Wildman–Crippen LogP) is 2.32. The Morgan fingerprint density at radius 3 is 2.63 bits per heavy atom. The molecule has 0 amide bonds. The van der Waals surface area contributed by atoms with E-state index in [1.54, 1.807) is 11.2 Å². The number of halogens is 2. The SMILES string of the molecule is CS(=O)c1cnc(N2CCC(c3ncc(Cl)cn3)C(F)C2)nc1NC1(CO)CCC1. The molecule has 3 heterocycles. The number of nitrogens with zero attached hydrogens (tertiary/aromatic N) is 5. The van der Waals surface area contributed by atoms with E-state index in [1.807, 2.05) is 0 Å². The first-order chi connectivity index (χ1) is 14.4. The van der Waals surface area contributed by atoms with Gasteiger partial charge in [-0.15, -0.1) is 0 Å². The van der Waals surface area contributed by atoms with Crippen LogP contribution in [0.15, 0.2) is 23.5 Å². The fourth-order valence-electron chi connectivity index (χ4n) is 3.88. The molecule has 0 bridgehead atoms. The molecule has 0 radical (unpaired) electrons. The maximum atomic E-state index is 15.0. The van der Waals surface area contributed by atoms with E-state index in [9.17, 15) is 13.7 Å². The number of rotatable bonds is 6. The summed E-state index contributed by atoms with van der Waals surface area (Å²) in [4.78, 5) is 19.5. The summed E-state index contributed by atoms with van der Waals surface area (Å²) in [5.41, 5.74) is -0.443. The van der Waals surface area contributed by atoms with E-state index >= 15 is 0 Å². The van der Waals surface area contributed by atoms with Gasteiger partial charge < -0.3 is 15.3 Å². The number of alkyl halides is 1. The standard InChI is InChI=1S/C19H24ClFN6O2S/c1-30(29)15-9-24-18(25-17(15)26-19(11-28)4-2-5-19)27-6-3-13(14(21)10-27)16-22-7-12(20)8-23-16/h7-9,13-14,28H,2-6,10-11H2,1H3,(H,24,25,26). The van der Waals surface area contributed by atoms with E-state index < -0.39 is 28.4 Å². The topological polar surface area (TPSA) is 104 Å². The highest BCUT2D eigenvalue weighted by molar-refractivity contribution is 7.84. The zero-order chi connectivity index (χ0) is 21.3. The van der Waals surface area contributed by atoms with Gasteiger partial charge in [-0.25, -0.2) is 19.3 Å². The van der Waals surface area contributed by atoms with Crippen LogP contribution in [0.2, 0.25) is 5.02 Å². The lowest BCUT2D eigenvalue weighted by molar-refractivity contribution is 0.143. The second-order valence-corrected chi connectivity index (χ2v) is 9.66. The molecule has 1 aliphatic carbocycles. The molecule has 3 unspecified atom stereocenters. The van der Waals surface area contributed by atoms with Crippen LogP contribution < -0.4 is 10.2 Å². The van der Waals surface area contributed by atoms with E-state index in [2.05, 4.69) is 25.3 Å². The van der Waals surface area contributed by atoms with Gasteiger partial charge in [0.15, 0.2) is 0 Å². The molecule has 4 rings (SSSR count). The number of anilines is 2. The van der Waals surface area contributed by atoms with E-state index in [0.29, 0.717) is 40.5 Å². The summed E-state index contributed by atoms with van der Waals surface area (Å²) >= 11 is 5.82. The minimum Gasteiger partial charge on any atom is -0.394 e. The normalized spacial score (nSPS) is 24.2. The monoisotopic (exact) mass is 454 g/mol. The Kier molecular flexibility index (Phi) is 6.17. The average molecular weight is 455 g/mol. The number of hydrogen-bond donors (Lipinski definition) is 2. The summed E-state index contributed by atoms with van der Waals surface area (Å²) in [7, 11) is -1.30. The molecule has 1 saturated carbocycles. The third-order valence-electron chi connectivity index (χ3n) is 5.85. The summed E-state index contributed by atoms with van der Waals surface area (Å²) in [5, 5.41) is 13.5. The van der Waals surface area contributed by atoms with Crippen LogP contribution in [0.4, 0.5) is 16.2 Å². The van der Waals surface area contributed by atoms with Crippen LogP contribution in [0.5, 0.6) is 0 Å². The first-order valence-corrected chi connectivity index (χ1v) is 11.8. The molecule has 3 atom stereocenters. The first-order valence-electron chi connectivity index (χ1n) is 9.87. The van der Waals surface area contributed by atoms with Crippen molar-refractivity contribution >= 4 is 34.2 Å². The van der Waals surface area contributed by atoms with Crippen molar-refractivity contribution in [2.75, 3.05) is 36.2 Å². The van der Waals surface area contributed by atoms with E-state index in [-0.39, 0.29) is 13.2 Å². The molecule has 2 fully saturated rings. The van der Waals surface area contributed by atoms with Crippen molar-refractivity contribution in [3.63, 3.8) is 0 Å². The Balaban J connectivity index is 1.53. The molecule has 8 nitrogen and oxygen atoms in total. The van der Waals surface area contributed by atoms with Gasteiger partial charge in [-0.1, -0.05) is 11.6 Å². The van der Waals surface area contributed by atoms with Gasteiger partial charge in [-0.05, 0) is 25.7 Å². The molecule has 2 aromatic rings. The van der Waals surface area contributed by atoms with Gasteiger partial charge in [0.2, 0.25) is 5.95 Å². The average Bonchev–Trinajstić information content (AvgIpc) is 2.71. The van der Waals surface area contributed by atoms with Gasteiger partial charge in [0.1, 0.15) is 17.8 Å². The molecule has 1 saturated heterocycles. The van der Waals surface area contributed by atoms with E-state index in [1.165, 1.54) is 18.6 Å². The van der Waals surface area contributed by atoms with Crippen molar-refractivity contribution in [1.29, 1.82) is 0 Å². The van der Waals surface area contributed by atoms with Crippen LogP contribution in [-0.2, 0) is 10.8 Å². The Morgan fingerprint density at radius 2 is 2.07 bits per heavy atom. The quantitative estimate of drug-likeness (QED) is 0.685. The second kappa shape index (κ2) is 8.68. The maximum Gasteiger partial charge on any atom is 0.227 e. The van der Waals surface area contributed by atoms with Crippen LogP contribution in [0, 0.1) is 0 Å². The minimum atomic E-state index is -1.30. The molecule has 2 aromatic heterocycles. The fraction of sp³-hybridized carbons (Fsp3) is 0.579. The number of aromatic nitrogens is 4. The summed E-state index contributed by atoms with van der Waals surface area (Å²) in [6.45, 7) is 0.618. The second-order valence-electron chi connectivity index (χ2n) is 7.87. The zero-order valence-electron chi connectivity index (χ0n) is 16.6. The molecule has 1 aliphatic heterocycles. The molecule has 2 N–H and O–H groups in total. The number of piperidine rings is 1. The summed E-state index contributed by atoms with van der Waals surface area (Å²) in [6.07, 6.45) is 8.01. The third-order valence-corrected chi connectivity index (χ3v) is 6.96. The van der Waals surface area contributed by atoms with Crippen LogP contribution in [-0.4, -0.2) is 66.9 Å². The Labute approximate surface area is 181 Å². The Hall–Kier alpha value is -1.91. The first kappa shape index (κ1) is 21.3. The predicted molar refractivity (Wildman–Crippen MR) is 113 cm³/mol. The summed E-state index contributed by atoms with van der Waals surface area (Å²) < 4.78 is 27.1. The number of aliphatic hydroxyl groups excluding tert-OH is 1. The molecule has 2 aliphatic rings. The van der Waals surface area contributed by atoms with Gasteiger partial charge in [0.25, 0.3) is 0 Å². The largest absolute Gasteiger partial charge is 0.394 e. The highest BCUT2D eigenvalue weighted by Crippen LogP contribution is 2.36. The van der Waals surface area contributed by atoms with E-state index in [0.717, 1.165) is 19.3 Å². The molecule has 0 aromatic carbocycles. The van der Waals surface area contributed by atoms with E-state index in [4.69, 9.17) is 11.6 Å². The van der Waals surface area contributed by atoms with Crippen molar-refractivity contribution in [1.82, 2.24) is 19.9 Å². The molecular weight excluding hydrogens is 431 g/mol. The number of aliphatic hydroxyl groups is 1. The van der Waals surface area contributed by atoms with Crippen LogP contribution in [0.3, 0.4) is 0 Å². The smallest absolute Gasteiger partial charge is 0.227 e. The molecule has 0 spiro atoms. The number of hydrogen-bond acceptors (Lipinski definition) is 8. The molecule has 30 heavy (non-hydrogen) atoms. The molecule has 11 heteroatoms. The minimum absolute atomic E-state index is 0.0266. The van der Waals surface area contributed by atoms with Crippen LogP contribution in [0.25, 0.3) is 0 Å². The van der Waals surface area contributed by atoms with Crippen molar-refractivity contribution in [3.05, 3.63) is 29.4 Å². The summed E-state index contributed by atoms with van der Waals surface area (Å²) in [6, 6.07) is 0.